The van der Waals surface area contributed by atoms with Crippen molar-refractivity contribution in [1.29, 1.82) is 0 Å². The minimum absolute atomic E-state index is 0.310. The van der Waals surface area contributed by atoms with Crippen molar-refractivity contribution < 1.29 is 9.53 Å². The molecule has 0 bridgehead atoms. The number of methoxy groups -OCH3 is 1. The summed E-state index contributed by atoms with van der Waals surface area (Å²) in [5, 5.41) is 0.738. The fourth-order valence-electron chi connectivity index (χ4n) is 1.55. The van der Waals surface area contributed by atoms with Gasteiger partial charge in [-0.1, -0.05) is 0 Å². The van der Waals surface area contributed by atoms with Crippen LogP contribution in [0.1, 0.15) is 21.7 Å². The van der Waals surface area contributed by atoms with E-state index in [1.54, 1.807) is 0 Å². The van der Waals surface area contributed by atoms with Gasteiger partial charge in [-0.25, -0.2) is 14.8 Å². The van der Waals surface area contributed by atoms with E-state index in [4.69, 9.17) is 0 Å². The molecule has 0 aliphatic rings. The molecule has 0 atom stereocenters. The molecule has 0 amide bonds. The van der Waals surface area contributed by atoms with Crippen LogP contribution in [0.5, 0.6) is 0 Å². The Morgan fingerprint density at radius 1 is 1.40 bits per heavy atom. The molecule has 1 N–H and O–H groups in total. The fourth-order valence-corrected chi connectivity index (χ4v) is 1.55. The molecule has 0 radical (unpaired) electrons. The number of hydrogen-bond acceptors (Lipinski definition) is 4. The monoisotopic (exact) mass is 205 g/mol. The Balaban J connectivity index is 2.80. The van der Waals surface area contributed by atoms with E-state index in [0.29, 0.717) is 11.3 Å². The van der Waals surface area contributed by atoms with Crippen LogP contribution in [0.3, 0.4) is 0 Å². The number of H-pyrrole nitrogens is 1. The molecule has 5 nitrogen and oxygen atoms in total. The van der Waals surface area contributed by atoms with E-state index in [9.17, 15) is 4.79 Å². The highest BCUT2D eigenvalue weighted by atomic mass is 16.5. The molecule has 0 aliphatic heterocycles. The van der Waals surface area contributed by atoms with E-state index >= 15 is 0 Å². The Labute approximate surface area is 86.5 Å². The zero-order valence-electron chi connectivity index (χ0n) is 8.79. The van der Waals surface area contributed by atoms with Crippen LogP contribution in [-0.2, 0) is 4.74 Å². The normalized spacial score (nSPS) is 10.6. The van der Waals surface area contributed by atoms with Crippen molar-refractivity contribution in [3.05, 3.63) is 23.3 Å². The number of carbonyl (C=O) groups excluding carboxylic acids is 1. The molecule has 15 heavy (non-hydrogen) atoms. The van der Waals surface area contributed by atoms with Gasteiger partial charge in [0.15, 0.2) is 5.69 Å². The largest absolute Gasteiger partial charge is 0.464 e. The van der Waals surface area contributed by atoms with Crippen LogP contribution in [-0.4, -0.2) is 28.0 Å². The van der Waals surface area contributed by atoms with Crippen molar-refractivity contribution in [3.8, 4) is 0 Å². The number of hydrogen-bond donors (Lipinski definition) is 1. The lowest BCUT2D eigenvalue weighted by atomic mass is 10.1. The predicted molar refractivity (Wildman–Crippen MR) is 54.7 cm³/mol. The fraction of sp³-hybridized carbons (Fsp3) is 0.300. The molecule has 2 aromatic rings. The highest BCUT2D eigenvalue weighted by Crippen LogP contribution is 2.22. The Hall–Kier alpha value is -1.91. The van der Waals surface area contributed by atoms with Gasteiger partial charge in [-0.2, -0.15) is 0 Å². The maximum atomic E-state index is 11.5. The van der Waals surface area contributed by atoms with Crippen LogP contribution in [0.15, 0.2) is 6.33 Å². The van der Waals surface area contributed by atoms with Gasteiger partial charge in [0.25, 0.3) is 0 Å². The molecule has 2 heterocycles. The minimum Gasteiger partial charge on any atom is -0.464 e. The van der Waals surface area contributed by atoms with Gasteiger partial charge in [0.05, 0.1) is 12.5 Å². The maximum absolute atomic E-state index is 11.5. The summed E-state index contributed by atoms with van der Waals surface area (Å²) in [6.45, 7) is 3.85. The lowest BCUT2D eigenvalue weighted by Gasteiger charge is -1.99. The number of aromatic amines is 1. The first-order valence-electron chi connectivity index (χ1n) is 4.53. The van der Waals surface area contributed by atoms with Crippen LogP contribution in [0.2, 0.25) is 0 Å². The van der Waals surface area contributed by atoms with Crippen molar-refractivity contribution in [1.82, 2.24) is 15.0 Å². The number of aryl methyl sites for hydroxylation is 2. The van der Waals surface area contributed by atoms with Crippen LogP contribution in [0.25, 0.3) is 11.0 Å². The Morgan fingerprint density at radius 3 is 2.80 bits per heavy atom. The SMILES string of the molecule is COC(=O)c1ncnc2[nH]c(C)c(C)c12. The van der Waals surface area contributed by atoms with Gasteiger partial charge in [0.1, 0.15) is 12.0 Å². The quantitative estimate of drug-likeness (QED) is 0.714. The van der Waals surface area contributed by atoms with Gasteiger partial charge >= 0.3 is 5.97 Å². The Morgan fingerprint density at radius 2 is 2.13 bits per heavy atom. The summed E-state index contributed by atoms with van der Waals surface area (Å²) in [5.74, 6) is -0.440. The van der Waals surface area contributed by atoms with Crippen molar-refractivity contribution in [3.63, 3.8) is 0 Å². The third kappa shape index (κ3) is 1.36. The van der Waals surface area contributed by atoms with E-state index in [0.717, 1.165) is 16.6 Å². The van der Waals surface area contributed by atoms with Crippen LogP contribution in [0, 0.1) is 13.8 Å². The molecule has 0 aromatic carbocycles. The van der Waals surface area contributed by atoms with Crippen molar-refractivity contribution in [2.45, 2.75) is 13.8 Å². The van der Waals surface area contributed by atoms with Gasteiger partial charge in [-0.15, -0.1) is 0 Å². The number of fused-ring (bicyclic) bond motifs is 1. The summed E-state index contributed by atoms with van der Waals surface area (Å²) in [6, 6.07) is 0. The molecular formula is C10H11N3O2. The highest BCUT2D eigenvalue weighted by Gasteiger charge is 2.17. The summed E-state index contributed by atoms with van der Waals surface area (Å²) < 4.78 is 4.67. The summed E-state index contributed by atoms with van der Waals surface area (Å²) in [5.41, 5.74) is 2.94. The number of carbonyl (C=O) groups is 1. The summed E-state index contributed by atoms with van der Waals surface area (Å²) in [7, 11) is 1.34. The number of aromatic nitrogens is 3. The molecule has 0 saturated carbocycles. The van der Waals surface area contributed by atoms with Crippen LogP contribution >= 0.6 is 0 Å². The number of nitrogens with one attached hydrogen (secondary N) is 1. The van der Waals surface area contributed by atoms with Crippen molar-refractivity contribution in [2.24, 2.45) is 0 Å². The minimum atomic E-state index is -0.440. The van der Waals surface area contributed by atoms with Gasteiger partial charge in [0, 0.05) is 5.69 Å². The summed E-state index contributed by atoms with van der Waals surface area (Å²) >= 11 is 0. The van der Waals surface area contributed by atoms with Gasteiger partial charge in [-0.3, -0.25) is 0 Å². The van der Waals surface area contributed by atoms with E-state index in [-0.39, 0.29) is 0 Å². The smallest absolute Gasteiger partial charge is 0.357 e. The molecule has 0 saturated heterocycles. The first-order valence-corrected chi connectivity index (χ1v) is 4.53. The molecular weight excluding hydrogens is 194 g/mol. The molecule has 0 aliphatic carbocycles. The van der Waals surface area contributed by atoms with Crippen molar-refractivity contribution >= 4 is 17.0 Å². The second-order valence-corrected chi connectivity index (χ2v) is 3.31. The third-order valence-corrected chi connectivity index (χ3v) is 2.47. The predicted octanol–water partition coefficient (Wildman–Crippen LogP) is 1.36. The highest BCUT2D eigenvalue weighted by molar-refractivity contribution is 6.02. The van der Waals surface area contributed by atoms with Crippen LogP contribution in [0.4, 0.5) is 0 Å². The van der Waals surface area contributed by atoms with Gasteiger partial charge < -0.3 is 9.72 Å². The van der Waals surface area contributed by atoms with Gasteiger partial charge in [0.2, 0.25) is 0 Å². The zero-order chi connectivity index (χ0) is 11.0. The number of nitrogens with zero attached hydrogens (tertiary/aromatic N) is 2. The number of rotatable bonds is 1. The second kappa shape index (κ2) is 3.34. The zero-order valence-corrected chi connectivity index (χ0v) is 8.79. The van der Waals surface area contributed by atoms with Crippen LogP contribution < -0.4 is 0 Å². The van der Waals surface area contributed by atoms with Crippen molar-refractivity contribution in [2.75, 3.05) is 7.11 Å². The first kappa shape index (κ1) is 9.64. The molecule has 5 heteroatoms. The summed E-state index contributed by atoms with van der Waals surface area (Å²) in [6.07, 6.45) is 1.35. The molecule has 0 fully saturated rings. The standard InChI is InChI=1S/C10H11N3O2/c1-5-6(2)13-9-7(5)8(10(14)15-3)11-4-12-9/h4H,1-3H3,(H,11,12,13). The number of esters is 1. The van der Waals surface area contributed by atoms with E-state index in [2.05, 4.69) is 19.7 Å². The molecule has 2 aromatic heterocycles. The lowest BCUT2D eigenvalue weighted by molar-refractivity contribution is 0.0596. The van der Waals surface area contributed by atoms with E-state index in [1.807, 2.05) is 13.8 Å². The molecule has 78 valence electrons. The molecule has 2 rings (SSSR count). The lowest BCUT2D eigenvalue weighted by Crippen LogP contribution is -2.05. The molecule has 0 spiro atoms. The Bertz CT molecular complexity index is 531. The first-order chi connectivity index (χ1) is 7.15. The topological polar surface area (TPSA) is 67.9 Å². The van der Waals surface area contributed by atoms with E-state index < -0.39 is 5.97 Å². The average Bonchev–Trinajstić information content (AvgIpc) is 2.54. The van der Waals surface area contributed by atoms with Gasteiger partial charge in [-0.05, 0) is 19.4 Å². The average molecular weight is 205 g/mol. The number of ether oxygens (including phenoxy) is 1. The van der Waals surface area contributed by atoms with E-state index in [1.165, 1.54) is 13.4 Å². The molecule has 0 unspecified atom stereocenters. The third-order valence-electron chi connectivity index (χ3n) is 2.47. The maximum Gasteiger partial charge on any atom is 0.357 e. The Kier molecular flexibility index (Phi) is 2.15. The summed E-state index contributed by atoms with van der Waals surface area (Å²) in [4.78, 5) is 22.6. The second-order valence-electron chi connectivity index (χ2n) is 3.31.